The molecule has 0 saturated heterocycles. The Morgan fingerprint density at radius 1 is 1.11 bits per heavy atom. The Hall–Kier alpha value is -3.46. The number of amides is 1. The van der Waals surface area contributed by atoms with Gasteiger partial charge in [0, 0.05) is 41.8 Å². The van der Waals surface area contributed by atoms with E-state index in [1.54, 1.807) is 14.2 Å². The van der Waals surface area contributed by atoms with Crippen molar-refractivity contribution in [2.45, 2.75) is 37.0 Å². The second kappa shape index (κ2) is 8.96. The van der Waals surface area contributed by atoms with E-state index in [4.69, 9.17) is 9.47 Å². The summed E-state index contributed by atoms with van der Waals surface area (Å²) in [5.74, 6) is 2.73. The highest BCUT2D eigenvalue weighted by Crippen LogP contribution is 2.42. The molecule has 0 radical (unpaired) electrons. The molecule has 1 amide bonds. The van der Waals surface area contributed by atoms with E-state index in [9.17, 15) is 4.79 Å². The first-order valence-electron chi connectivity index (χ1n) is 11.8. The number of nitrogens with zero attached hydrogens (tertiary/aromatic N) is 4. The van der Waals surface area contributed by atoms with Crippen LogP contribution < -0.4 is 9.47 Å². The van der Waals surface area contributed by atoms with Gasteiger partial charge in [0.15, 0.2) is 22.5 Å². The van der Waals surface area contributed by atoms with E-state index in [1.165, 1.54) is 17.3 Å². The number of aromatic nitrogens is 4. The summed E-state index contributed by atoms with van der Waals surface area (Å²) in [7, 11) is 3.28. The summed E-state index contributed by atoms with van der Waals surface area (Å²) in [6.45, 7) is 1.27. The van der Waals surface area contributed by atoms with Crippen LogP contribution in [0.1, 0.15) is 30.0 Å². The monoisotopic (exact) mass is 489 g/mol. The van der Waals surface area contributed by atoms with E-state index in [-0.39, 0.29) is 5.91 Å². The van der Waals surface area contributed by atoms with Gasteiger partial charge in [0.05, 0.1) is 20.0 Å². The highest BCUT2D eigenvalue weighted by molar-refractivity contribution is 7.99. The van der Waals surface area contributed by atoms with Gasteiger partial charge in [-0.1, -0.05) is 30.0 Å². The van der Waals surface area contributed by atoms with Crippen LogP contribution in [0.5, 0.6) is 11.5 Å². The van der Waals surface area contributed by atoms with Crippen molar-refractivity contribution >= 4 is 28.6 Å². The topological polar surface area (TPSA) is 85.3 Å². The Balaban J connectivity index is 1.19. The fourth-order valence-corrected chi connectivity index (χ4v) is 5.70. The van der Waals surface area contributed by atoms with Gasteiger partial charge in [-0.25, -0.2) is 0 Å². The number of benzene rings is 2. The molecule has 1 aliphatic carbocycles. The first kappa shape index (κ1) is 22.0. The van der Waals surface area contributed by atoms with Crippen molar-refractivity contribution in [3.63, 3.8) is 0 Å². The Morgan fingerprint density at radius 3 is 2.66 bits per heavy atom. The maximum absolute atomic E-state index is 13.2. The Kier molecular flexibility index (Phi) is 5.64. The lowest BCUT2D eigenvalue weighted by molar-refractivity contribution is -0.129. The molecule has 4 aromatic rings. The van der Waals surface area contributed by atoms with E-state index in [0.717, 1.165) is 58.0 Å². The zero-order chi connectivity index (χ0) is 23.9. The van der Waals surface area contributed by atoms with Crippen molar-refractivity contribution in [3.8, 4) is 22.9 Å². The molecule has 0 spiro atoms. The minimum atomic E-state index is 0.106. The molecule has 1 N–H and O–H groups in total. The molecule has 0 bridgehead atoms. The number of fused-ring (bicyclic) bond motifs is 2. The van der Waals surface area contributed by atoms with E-state index in [1.807, 2.05) is 35.4 Å². The maximum atomic E-state index is 13.2. The molecule has 8 nitrogen and oxygen atoms in total. The molecule has 35 heavy (non-hydrogen) atoms. The van der Waals surface area contributed by atoms with Crippen molar-refractivity contribution in [2.75, 3.05) is 26.5 Å². The molecular weight excluding hydrogens is 462 g/mol. The van der Waals surface area contributed by atoms with E-state index >= 15 is 0 Å². The van der Waals surface area contributed by atoms with E-state index < -0.39 is 0 Å². The van der Waals surface area contributed by atoms with Crippen molar-refractivity contribution in [1.29, 1.82) is 0 Å². The predicted octanol–water partition coefficient (Wildman–Crippen LogP) is 4.46. The Labute approximate surface area is 207 Å². The third kappa shape index (κ3) is 4.03. The average Bonchev–Trinajstić information content (AvgIpc) is 3.51. The lowest BCUT2D eigenvalue weighted by Gasteiger charge is -2.29. The number of nitrogens with one attached hydrogen (secondary N) is 1. The number of hydrogen-bond donors (Lipinski definition) is 1. The van der Waals surface area contributed by atoms with Crippen molar-refractivity contribution in [1.82, 2.24) is 24.6 Å². The molecule has 180 valence electrons. The number of rotatable bonds is 7. The first-order chi connectivity index (χ1) is 17.2. The number of carbonyl (C=O) groups is 1. The number of carbonyl (C=O) groups excluding carboxylic acids is 1. The lowest BCUT2D eigenvalue weighted by Crippen LogP contribution is -2.37. The van der Waals surface area contributed by atoms with Crippen LogP contribution in [0, 0.1) is 0 Å². The van der Waals surface area contributed by atoms with Gasteiger partial charge in [0.25, 0.3) is 0 Å². The van der Waals surface area contributed by atoms with E-state index in [2.05, 4.69) is 31.9 Å². The van der Waals surface area contributed by atoms with Crippen molar-refractivity contribution < 1.29 is 14.3 Å². The van der Waals surface area contributed by atoms with Crippen LogP contribution in [-0.4, -0.2) is 57.1 Å². The summed E-state index contributed by atoms with van der Waals surface area (Å²) >= 11 is 1.48. The van der Waals surface area contributed by atoms with Crippen molar-refractivity contribution in [3.05, 3.63) is 53.7 Å². The first-order valence-corrected chi connectivity index (χ1v) is 12.8. The Morgan fingerprint density at radius 2 is 1.89 bits per heavy atom. The van der Waals surface area contributed by atoms with Crippen LogP contribution in [0.4, 0.5) is 0 Å². The fourth-order valence-electron chi connectivity index (χ4n) is 4.79. The zero-order valence-electron chi connectivity index (χ0n) is 19.8. The van der Waals surface area contributed by atoms with Gasteiger partial charge in [0.2, 0.25) is 5.91 Å². The smallest absolute Gasteiger partial charge is 0.233 e. The number of H-pyrrole nitrogens is 1. The molecule has 0 atom stereocenters. The minimum Gasteiger partial charge on any atom is -0.493 e. The molecule has 2 aliphatic rings. The summed E-state index contributed by atoms with van der Waals surface area (Å²) in [5.41, 5.74) is 4.44. The largest absolute Gasteiger partial charge is 0.493 e. The van der Waals surface area contributed by atoms with Gasteiger partial charge in [-0.05, 0) is 48.6 Å². The molecule has 2 aromatic carbocycles. The van der Waals surface area contributed by atoms with Gasteiger partial charge in [-0.3, -0.25) is 9.36 Å². The fraction of sp³-hybridized carbons (Fsp3) is 0.346. The number of ether oxygens (including phenoxy) is 2. The molecule has 1 fully saturated rings. The highest BCUT2D eigenvalue weighted by Gasteiger charge is 2.31. The van der Waals surface area contributed by atoms with Gasteiger partial charge in [0.1, 0.15) is 0 Å². The van der Waals surface area contributed by atoms with Crippen LogP contribution >= 0.6 is 11.8 Å². The van der Waals surface area contributed by atoms with Crippen LogP contribution in [0.25, 0.3) is 22.3 Å². The summed E-state index contributed by atoms with van der Waals surface area (Å²) < 4.78 is 13.1. The van der Waals surface area contributed by atoms with Crippen LogP contribution in [0.2, 0.25) is 0 Å². The lowest BCUT2D eigenvalue weighted by atomic mass is 9.99. The molecule has 9 heteroatoms. The van der Waals surface area contributed by atoms with Crippen LogP contribution in [0.15, 0.2) is 47.8 Å². The molecule has 1 aliphatic heterocycles. The number of hydrogen-bond acceptors (Lipinski definition) is 6. The molecule has 2 aromatic heterocycles. The third-order valence-corrected chi connectivity index (χ3v) is 7.73. The minimum absolute atomic E-state index is 0.106. The number of aromatic amines is 1. The van der Waals surface area contributed by atoms with Gasteiger partial charge >= 0.3 is 0 Å². The average molecular weight is 490 g/mol. The molecular formula is C26H27N5O3S. The summed E-state index contributed by atoms with van der Waals surface area (Å²) in [6.07, 6.45) is 5.03. The number of methoxy groups -OCH3 is 2. The quantitative estimate of drug-likeness (QED) is 0.386. The zero-order valence-corrected chi connectivity index (χ0v) is 20.6. The van der Waals surface area contributed by atoms with Gasteiger partial charge < -0.3 is 19.4 Å². The molecule has 6 rings (SSSR count). The standard InChI is InChI=1S/C26H27N5O3S/c1-33-22-11-16-9-10-30(14-17(16)12-23(22)34-2)24(32)15-35-26-29-28-25(31(26)18-7-8-18)20-13-27-21-6-4-3-5-19(20)21/h3-6,11-13,18,27H,7-10,14-15H2,1-2H3. The molecule has 0 unspecified atom stereocenters. The predicted molar refractivity (Wildman–Crippen MR) is 135 cm³/mol. The van der Waals surface area contributed by atoms with E-state index in [0.29, 0.717) is 30.6 Å². The third-order valence-electron chi connectivity index (χ3n) is 6.80. The normalized spacial score (nSPS) is 15.3. The summed E-state index contributed by atoms with van der Waals surface area (Å²) in [5, 5.41) is 11.0. The van der Waals surface area contributed by atoms with Crippen LogP contribution in [0.3, 0.4) is 0 Å². The number of thioether (sulfide) groups is 1. The van der Waals surface area contributed by atoms with Gasteiger partial charge in [-0.15, -0.1) is 10.2 Å². The summed E-state index contributed by atoms with van der Waals surface area (Å²) in [4.78, 5) is 18.4. The molecule has 3 heterocycles. The second-order valence-corrected chi connectivity index (χ2v) is 9.93. The summed E-state index contributed by atoms with van der Waals surface area (Å²) in [6, 6.07) is 12.6. The van der Waals surface area contributed by atoms with Gasteiger partial charge in [-0.2, -0.15) is 0 Å². The maximum Gasteiger partial charge on any atom is 0.233 e. The second-order valence-electron chi connectivity index (χ2n) is 8.99. The molecule has 1 saturated carbocycles. The Bertz CT molecular complexity index is 1410. The van der Waals surface area contributed by atoms with Crippen molar-refractivity contribution in [2.24, 2.45) is 0 Å². The highest BCUT2D eigenvalue weighted by atomic mass is 32.2. The SMILES string of the molecule is COc1cc2c(cc1OC)CN(C(=O)CSc1nnc(-c3c[nH]c4ccccc34)n1C1CC1)CC2. The number of para-hydroxylation sites is 1. The van der Waals surface area contributed by atoms with Crippen LogP contribution in [-0.2, 0) is 17.8 Å².